The van der Waals surface area contributed by atoms with Gasteiger partial charge in [-0.3, -0.25) is 14.9 Å². The Morgan fingerprint density at radius 3 is 3.00 bits per heavy atom. The van der Waals surface area contributed by atoms with Crippen molar-refractivity contribution < 1.29 is 9.72 Å². The third-order valence-corrected chi connectivity index (χ3v) is 3.62. The van der Waals surface area contributed by atoms with Crippen LogP contribution in [0.5, 0.6) is 0 Å². The van der Waals surface area contributed by atoms with Crippen molar-refractivity contribution in [3.8, 4) is 0 Å². The van der Waals surface area contributed by atoms with Gasteiger partial charge < -0.3 is 10.6 Å². The van der Waals surface area contributed by atoms with Gasteiger partial charge in [-0.25, -0.2) is 0 Å². The van der Waals surface area contributed by atoms with E-state index in [1.807, 2.05) is 0 Å². The fourth-order valence-electron chi connectivity index (χ4n) is 2.24. The van der Waals surface area contributed by atoms with Gasteiger partial charge in [-0.15, -0.1) is 0 Å². The number of hydrogen-bond donors (Lipinski definition) is 2. The van der Waals surface area contributed by atoms with Crippen molar-refractivity contribution in [2.75, 3.05) is 19.6 Å². The Morgan fingerprint density at radius 2 is 2.33 bits per heavy atom. The van der Waals surface area contributed by atoms with Crippen LogP contribution in [0, 0.1) is 10.1 Å². The zero-order chi connectivity index (χ0) is 15.2. The molecule has 1 aromatic rings. The second kappa shape index (κ2) is 6.99. The predicted octanol–water partition coefficient (Wildman–Crippen LogP) is 1.73. The summed E-state index contributed by atoms with van der Waals surface area (Å²) in [5, 5.41) is 16.9. The molecule has 0 fully saturated rings. The molecule has 0 aromatic heterocycles. The van der Waals surface area contributed by atoms with Gasteiger partial charge in [0.25, 0.3) is 5.69 Å². The summed E-state index contributed by atoms with van der Waals surface area (Å²) in [5.41, 5.74) is 1.88. The molecule has 6 heteroatoms. The fourth-order valence-corrected chi connectivity index (χ4v) is 2.24. The minimum Gasteiger partial charge on any atom is -0.352 e. The molecular formula is C15H19N3O3. The number of benzene rings is 1. The lowest BCUT2D eigenvalue weighted by Crippen LogP contribution is -2.32. The molecular weight excluding hydrogens is 270 g/mol. The monoisotopic (exact) mass is 289 g/mol. The number of rotatable bonds is 5. The van der Waals surface area contributed by atoms with Crippen LogP contribution in [0.4, 0.5) is 5.69 Å². The highest BCUT2D eigenvalue weighted by atomic mass is 16.6. The van der Waals surface area contributed by atoms with Gasteiger partial charge in [-0.2, -0.15) is 0 Å². The maximum absolute atomic E-state index is 12.1. The number of nitro groups is 1. The van der Waals surface area contributed by atoms with Crippen molar-refractivity contribution >= 4 is 11.6 Å². The van der Waals surface area contributed by atoms with Crippen molar-refractivity contribution in [3.63, 3.8) is 0 Å². The maximum Gasteiger partial charge on any atom is 0.269 e. The summed E-state index contributed by atoms with van der Waals surface area (Å²) in [5.74, 6) is -0.526. The molecule has 0 saturated heterocycles. The molecule has 1 aliphatic rings. The van der Waals surface area contributed by atoms with E-state index in [0.717, 1.165) is 19.5 Å². The summed E-state index contributed by atoms with van der Waals surface area (Å²) in [6, 6.07) is 6.22. The molecule has 1 unspecified atom stereocenters. The van der Waals surface area contributed by atoms with Crippen LogP contribution in [0.2, 0.25) is 0 Å². The van der Waals surface area contributed by atoms with E-state index >= 15 is 0 Å². The van der Waals surface area contributed by atoms with Gasteiger partial charge >= 0.3 is 0 Å². The lowest BCUT2D eigenvalue weighted by molar-refractivity contribution is -0.384. The zero-order valence-electron chi connectivity index (χ0n) is 12.0. The average molecular weight is 289 g/mol. The molecule has 1 amide bonds. The van der Waals surface area contributed by atoms with E-state index < -0.39 is 10.8 Å². The standard InChI is InChI=1S/C15H19N3O3/c1-11(13-3-2-4-14(9-13)18(20)21)15(19)17-10-12-5-7-16-8-6-12/h2-5,9,11,16H,6-8,10H2,1H3,(H,17,19). The van der Waals surface area contributed by atoms with Crippen molar-refractivity contribution in [1.82, 2.24) is 10.6 Å². The molecule has 21 heavy (non-hydrogen) atoms. The predicted molar refractivity (Wildman–Crippen MR) is 80.1 cm³/mol. The normalized spacial score (nSPS) is 16.0. The number of carbonyl (C=O) groups is 1. The molecule has 2 N–H and O–H groups in total. The van der Waals surface area contributed by atoms with Crippen LogP contribution < -0.4 is 10.6 Å². The van der Waals surface area contributed by atoms with Gasteiger partial charge in [0.1, 0.15) is 0 Å². The van der Waals surface area contributed by atoms with E-state index in [2.05, 4.69) is 16.7 Å². The lowest BCUT2D eigenvalue weighted by atomic mass is 9.99. The van der Waals surface area contributed by atoms with Crippen molar-refractivity contribution in [1.29, 1.82) is 0 Å². The molecule has 0 radical (unpaired) electrons. The topological polar surface area (TPSA) is 84.3 Å². The number of non-ortho nitro benzene ring substituents is 1. The molecule has 0 spiro atoms. The van der Waals surface area contributed by atoms with Crippen LogP contribution in [0.25, 0.3) is 0 Å². The first-order valence-corrected chi connectivity index (χ1v) is 6.98. The second-order valence-corrected chi connectivity index (χ2v) is 5.11. The number of hydrogen-bond acceptors (Lipinski definition) is 4. The maximum atomic E-state index is 12.1. The van der Waals surface area contributed by atoms with E-state index in [9.17, 15) is 14.9 Å². The third kappa shape index (κ3) is 4.13. The number of nitro benzene ring substituents is 1. The Hall–Kier alpha value is -2.21. The van der Waals surface area contributed by atoms with Gasteiger partial charge in [0.15, 0.2) is 0 Å². The lowest BCUT2D eigenvalue weighted by Gasteiger charge is -2.17. The molecule has 1 heterocycles. The molecule has 0 saturated carbocycles. The smallest absolute Gasteiger partial charge is 0.269 e. The van der Waals surface area contributed by atoms with Crippen LogP contribution in [-0.4, -0.2) is 30.5 Å². The van der Waals surface area contributed by atoms with E-state index in [1.165, 1.54) is 17.7 Å². The Bertz CT molecular complexity index is 569. The Morgan fingerprint density at radius 1 is 1.52 bits per heavy atom. The third-order valence-electron chi connectivity index (χ3n) is 3.62. The van der Waals surface area contributed by atoms with Crippen LogP contribution in [0.1, 0.15) is 24.8 Å². The van der Waals surface area contributed by atoms with E-state index in [-0.39, 0.29) is 11.6 Å². The Balaban J connectivity index is 1.97. The van der Waals surface area contributed by atoms with Gasteiger partial charge in [0.2, 0.25) is 5.91 Å². The highest BCUT2D eigenvalue weighted by Gasteiger charge is 2.18. The van der Waals surface area contributed by atoms with Crippen LogP contribution in [0.3, 0.4) is 0 Å². The second-order valence-electron chi connectivity index (χ2n) is 5.11. The van der Waals surface area contributed by atoms with E-state index in [0.29, 0.717) is 12.1 Å². The molecule has 1 aliphatic heterocycles. The fraction of sp³-hybridized carbons (Fsp3) is 0.400. The van der Waals surface area contributed by atoms with E-state index in [4.69, 9.17) is 0 Å². The molecule has 2 rings (SSSR count). The van der Waals surface area contributed by atoms with Crippen LogP contribution in [-0.2, 0) is 4.79 Å². The van der Waals surface area contributed by atoms with Crippen LogP contribution >= 0.6 is 0 Å². The summed E-state index contributed by atoms with van der Waals surface area (Å²) in [4.78, 5) is 22.5. The molecule has 1 atom stereocenters. The first-order chi connectivity index (χ1) is 10.1. The zero-order valence-corrected chi connectivity index (χ0v) is 12.0. The SMILES string of the molecule is CC(C(=O)NCC1=CCNCC1)c1cccc([N+](=O)[O-])c1. The Labute approximate surface area is 123 Å². The van der Waals surface area contributed by atoms with Gasteiger partial charge in [0.05, 0.1) is 10.8 Å². The first-order valence-electron chi connectivity index (χ1n) is 6.98. The minimum absolute atomic E-state index is 0.00760. The number of carbonyl (C=O) groups excluding carboxylic acids is 1. The van der Waals surface area contributed by atoms with Crippen molar-refractivity contribution in [2.24, 2.45) is 0 Å². The summed E-state index contributed by atoms with van der Waals surface area (Å²) in [6.07, 6.45) is 3.02. The highest BCUT2D eigenvalue weighted by molar-refractivity contribution is 5.83. The molecule has 6 nitrogen and oxygen atoms in total. The number of amides is 1. The molecule has 1 aromatic carbocycles. The quantitative estimate of drug-likeness (QED) is 0.491. The number of nitrogens with one attached hydrogen (secondary N) is 2. The van der Waals surface area contributed by atoms with Crippen LogP contribution in [0.15, 0.2) is 35.9 Å². The van der Waals surface area contributed by atoms with Gasteiger partial charge in [-0.05, 0) is 25.5 Å². The van der Waals surface area contributed by atoms with Gasteiger partial charge in [0, 0.05) is 25.2 Å². The first kappa shape index (κ1) is 15.2. The van der Waals surface area contributed by atoms with Crippen molar-refractivity contribution in [3.05, 3.63) is 51.6 Å². The largest absolute Gasteiger partial charge is 0.352 e. The summed E-state index contributed by atoms with van der Waals surface area (Å²) < 4.78 is 0. The highest BCUT2D eigenvalue weighted by Crippen LogP contribution is 2.20. The molecule has 0 bridgehead atoms. The van der Waals surface area contributed by atoms with Gasteiger partial charge in [-0.1, -0.05) is 23.8 Å². The Kier molecular flexibility index (Phi) is 5.05. The number of nitrogens with zero attached hydrogens (tertiary/aromatic N) is 1. The van der Waals surface area contributed by atoms with E-state index in [1.54, 1.807) is 19.1 Å². The average Bonchev–Trinajstić information content (AvgIpc) is 2.53. The summed E-state index contributed by atoms with van der Waals surface area (Å²) in [6.45, 7) is 4.07. The van der Waals surface area contributed by atoms with Crippen molar-refractivity contribution in [2.45, 2.75) is 19.3 Å². The summed E-state index contributed by atoms with van der Waals surface area (Å²) in [7, 11) is 0. The molecule has 112 valence electrons. The molecule has 0 aliphatic carbocycles. The minimum atomic E-state index is -0.450. The summed E-state index contributed by atoms with van der Waals surface area (Å²) >= 11 is 0.